The number of fused-ring (bicyclic) bond motifs is 1. The predicted octanol–water partition coefficient (Wildman–Crippen LogP) is 5.69. The number of aliphatic hydroxyl groups is 1. The first-order valence-electron chi connectivity index (χ1n) is 9.74. The fourth-order valence-electron chi connectivity index (χ4n) is 3.59. The van der Waals surface area contributed by atoms with E-state index in [0.29, 0.717) is 0 Å². The van der Waals surface area contributed by atoms with Gasteiger partial charge >= 0.3 is 5.97 Å². The summed E-state index contributed by atoms with van der Waals surface area (Å²) in [6.45, 7) is 1.93. The molecule has 0 aliphatic heterocycles. The number of carboxylic acids is 1. The third-order valence-corrected chi connectivity index (χ3v) is 7.23. The standard InChI is InChI=1S/C24H24FO5P/c1-16-13-18-5-3-4-6-22(18)24(17-7-9-19(25)10-8-17)21(16)11-12-31(29,30-2)15-20(26)14-23(27)28/h3-13,20,26H,14-15H2,1-2H3,(H,27,28)/b12-11+. The lowest BCUT2D eigenvalue weighted by molar-refractivity contribution is -0.138. The molecule has 0 fully saturated rings. The summed E-state index contributed by atoms with van der Waals surface area (Å²) in [5.41, 5.74) is 3.37. The van der Waals surface area contributed by atoms with Crippen LogP contribution in [0.15, 0.2) is 60.4 Å². The van der Waals surface area contributed by atoms with Crippen LogP contribution in [0.25, 0.3) is 28.0 Å². The van der Waals surface area contributed by atoms with Crippen molar-refractivity contribution in [2.45, 2.75) is 19.4 Å². The maximum absolute atomic E-state index is 13.5. The van der Waals surface area contributed by atoms with Crippen LogP contribution >= 0.6 is 7.37 Å². The van der Waals surface area contributed by atoms with Gasteiger partial charge in [-0.3, -0.25) is 9.36 Å². The zero-order chi connectivity index (χ0) is 22.6. The third-order valence-electron chi connectivity index (χ3n) is 5.08. The molecule has 3 aromatic rings. The first kappa shape index (κ1) is 22.9. The van der Waals surface area contributed by atoms with Gasteiger partial charge in [-0.05, 0) is 58.2 Å². The molecule has 0 bridgehead atoms. The number of hydrogen-bond donors (Lipinski definition) is 2. The van der Waals surface area contributed by atoms with Gasteiger partial charge in [-0.2, -0.15) is 0 Å². The summed E-state index contributed by atoms with van der Waals surface area (Å²) < 4.78 is 31.8. The van der Waals surface area contributed by atoms with E-state index >= 15 is 0 Å². The van der Waals surface area contributed by atoms with Gasteiger partial charge in [0, 0.05) is 12.9 Å². The highest BCUT2D eigenvalue weighted by Gasteiger charge is 2.25. The highest BCUT2D eigenvalue weighted by atomic mass is 31.2. The van der Waals surface area contributed by atoms with Crippen molar-refractivity contribution in [2.24, 2.45) is 0 Å². The molecular formula is C24H24FO5P. The monoisotopic (exact) mass is 442 g/mol. The molecule has 3 rings (SSSR count). The SMILES string of the molecule is COP(=O)(/C=C/c1c(C)cc2ccccc2c1-c1ccc(F)cc1)CC(O)CC(=O)O. The number of hydrogen-bond acceptors (Lipinski definition) is 4. The molecule has 0 heterocycles. The van der Waals surface area contributed by atoms with Crippen LogP contribution in [-0.2, 0) is 13.9 Å². The van der Waals surface area contributed by atoms with Gasteiger partial charge < -0.3 is 14.7 Å². The highest BCUT2D eigenvalue weighted by molar-refractivity contribution is 7.62. The molecule has 0 amide bonds. The van der Waals surface area contributed by atoms with Crippen molar-refractivity contribution in [1.29, 1.82) is 0 Å². The Labute approximate surface area is 180 Å². The molecule has 0 radical (unpaired) electrons. The van der Waals surface area contributed by atoms with Crippen molar-refractivity contribution in [3.05, 3.63) is 77.4 Å². The maximum Gasteiger partial charge on any atom is 0.305 e. The summed E-state index contributed by atoms with van der Waals surface area (Å²) in [7, 11) is -2.16. The van der Waals surface area contributed by atoms with Crippen LogP contribution in [0, 0.1) is 12.7 Å². The van der Waals surface area contributed by atoms with Gasteiger partial charge in [0.25, 0.3) is 0 Å². The Bertz CT molecular complexity index is 1170. The lowest BCUT2D eigenvalue weighted by Crippen LogP contribution is -2.17. The topological polar surface area (TPSA) is 83.8 Å². The molecule has 2 atom stereocenters. The molecule has 2 unspecified atom stereocenters. The number of aryl methyl sites for hydroxylation is 1. The molecule has 0 aliphatic carbocycles. The van der Waals surface area contributed by atoms with Crippen molar-refractivity contribution in [1.82, 2.24) is 0 Å². The molecule has 0 aliphatic rings. The quantitative estimate of drug-likeness (QED) is 0.438. The molecule has 0 saturated heterocycles. The Morgan fingerprint density at radius 1 is 1.19 bits per heavy atom. The average Bonchev–Trinajstić information content (AvgIpc) is 2.72. The molecule has 162 valence electrons. The smallest absolute Gasteiger partial charge is 0.305 e. The Morgan fingerprint density at radius 3 is 2.52 bits per heavy atom. The van der Waals surface area contributed by atoms with Crippen LogP contribution < -0.4 is 0 Å². The number of halogens is 1. The molecule has 0 saturated carbocycles. The Kier molecular flexibility index (Phi) is 7.06. The maximum atomic E-state index is 13.5. The van der Waals surface area contributed by atoms with E-state index in [0.717, 1.165) is 33.0 Å². The van der Waals surface area contributed by atoms with Crippen LogP contribution in [0.2, 0.25) is 0 Å². The number of carbonyl (C=O) groups is 1. The van der Waals surface area contributed by atoms with Gasteiger partial charge in [0.1, 0.15) is 5.82 Å². The van der Waals surface area contributed by atoms with E-state index < -0.39 is 25.9 Å². The lowest BCUT2D eigenvalue weighted by Gasteiger charge is -2.17. The van der Waals surface area contributed by atoms with E-state index in [9.17, 15) is 18.9 Å². The Morgan fingerprint density at radius 2 is 1.87 bits per heavy atom. The van der Waals surface area contributed by atoms with Crippen molar-refractivity contribution >= 4 is 30.2 Å². The minimum absolute atomic E-state index is 0.301. The summed E-state index contributed by atoms with van der Waals surface area (Å²) >= 11 is 0. The second kappa shape index (κ2) is 9.56. The largest absolute Gasteiger partial charge is 0.481 e. The minimum atomic E-state index is -3.43. The van der Waals surface area contributed by atoms with Gasteiger partial charge in [-0.1, -0.05) is 42.5 Å². The number of aliphatic hydroxyl groups excluding tert-OH is 1. The van der Waals surface area contributed by atoms with E-state index in [-0.39, 0.29) is 12.0 Å². The summed E-state index contributed by atoms with van der Waals surface area (Å²) in [4.78, 5) is 10.8. The molecule has 0 spiro atoms. The molecule has 7 heteroatoms. The molecule has 31 heavy (non-hydrogen) atoms. The van der Waals surface area contributed by atoms with Gasteiger partial charge in [-0.25, -0.2) is 4.39 Å². The minimum Gasteiger partial charge on any atom is -0.481 e. The Balaban J connectivity index is 2.12. The zero-order valence-electron chi connectivity index (χ0n) is 17.3. The predicted molar refractivity (Wildman–Crippen MR) is 121 cm³/mol. The number of carboxylic acid groups (broad SMARTS) is 1. The van der Waals surface area contributed by atoms with Gasteiger partial charge in [0.05, 0.1) is 18.7 Å². The second-order valence-electron chi connectivity index (χ2n) is 7.37. The van der Waals surface area contributed by atoms with E-state index in [2.05, 4.69) is 0 Å². The van der Waals surface area contributed by atoms with E-state index in [1.807, 2.05) is 37.3 Å². The average molecular weight is 442 g/mol. The van der Waals surface area contributed by atoms with Gasteiger partial charge in [0.15, 0.2) is 0 Å². The van der Waals surface area contributed by atoms with Gasteiger partial charge in [0.2, 0.25) is 7.37 Å². The second-order valence-corrected chi connectivity index (χ2v) is 9.85. The summed E-state index contributed by atoms with van der Waals surface area (Å²) in [5.74, 6) is -0.112. The van der Waals surface area contributed by atoms with E-state index in [1.54, 1.807) is 18.2 Å². The fraction of sp³-hybridized carbons (Fsp3) is 0.208. The number of benzene rings is 3. The molecule has 2 N–H and O–H groups in total. The van der Waals surface area contributed by atoms with Crippen LogP contribution in [-0.4, -0.2) is 35.6 Å². The zero-order valence-corrected chi connectivity index (χ0v) is 18.2. The van der Waals surface area contributed by atoms with Crippen molar-refractivity contribution in [3.8, 4) is 11.1 Å². The van der Waals surface area contributed by atoms with Crippen LogP contribution in [0.5, 0.6) is 0 Å². The molecule has 3 aromatic carbocycles. The summed E-state index contributed by atoms with van der Waals surface area (Å²) in [6, 6.07) is 16.0. The van der Waals surface area contributed by atoms with Crippen molar-refractivity contribution in [3.63, 3.8) is 0 Å². The Hall–Kier alpha value is -2.79. The number of rotatable bonds is 8. The van der Waals surface area contributed by atoms with Crippen molar-refractivity contribution in [2.75, 3.05) is 13.3 Å². The number of aliphatic carboxylic acids is 1. The van der Waals surface area contributed by atoms with Crippen molar-refractivity contribution < 1.29 is 28.5 Å². The van der Waals surface area contributed by atoms with Crippen LogP contribution in [0.3, 0.4) is 0 Å². The van der Waals surface area contributed by atoms with E-state index in [4.69, 9.17) is 9.63 Å². The molecule has 0 aromatic heterocycles. The van der Waals surface area contributed by atoms with Gasteiger partial charge in [-0.15, -0.1) is 0 Å². The normalized spacial score (nSPS) is 14.6. The van der Waals surface area contributed by atoms with E-state index in [1.165, 1.54) is 25.1 Å². The summed E-state index contributed by atoms with van der Waals surface area (Å²) in [6.07, 6.45) is -0.428. The molecular weight excluding hydrogens is 418 g/mol. The highest BCUT2D eigenvalue weighted by Crippen LogP contribution is 2.49. The first-order valence-corrected chi connectivity index (χ1v) is 11.6. The fourth-order valence-corrected chi connectivity index (χ4v) is 5.08. The third kappa shape index (κ3) is 5.47. The van der Waals surface area contributed by atoms with Crippen LogP contribution in [0.1, 0.15) is 17.5 Å². The molecule has 5 nitrogen and oxygen atoms in total. The van der Waals surface area contributed by atoms with Crippen LogP contribution in [0.4, 0.5) is 4.39 Å². The lowest BCUT2D eigenvalue weighted by atomic mass is 9.90. The first-order chi connectivity index (χ1) is 14.7. The summed E-state index contributed by atoms with van der Waals surface area (Å²) in [5, 5.41) is 20.8.